The van der Waals surface area contributed by atoms with Crippen molar-refractivity contribution >= 4 is 28.5 Å². The summed E-state index contributed by atoms with van der Waals surface area (Å²) in [6.45, 7) is 5.64. The number of benzene rings is 1. The van der Waals surface area contributed by atoms with E-state index in [1.807, 2.05) is 57.2 Å². The minimum Gasteiger partial charge on any atom is -0.591 e. The summed E-state index contributed by atoms with van der Waals surface area (Å²) in [6.07, 6.45) is 3.22. The third-order valence-electron chi connectivity index (χ3n) is 3.27. The number of nitrogens with zero attached hydrogens (tertiary/aromatic N) is 3. The summed E-state index contributed by atoms with van der Waals surface area (Å²) in [5.41, 5.74) is 2.83. The molecule has 3 rings (SSSR count). The van der Waals surface area contributed by atoms with Gasteiger partial charge in [-0.15, -0.1) is 0 Å². The quantitative estimate of drug-likeness (QED) is 0.542. The van der Waals surface area contributed by atoms with Crippen molar-refractivity contribution in [3.63, 3.8) is 0 Å². The van der Waals surface area contributed by atoms with Gasteiger partial charge in [0, 0.05) is 17.1 Å². The topological polar surface area (TPSA) is 74.3 Å². The monoisotopic (exact) mass is 327 g/mol. The molecule has 6 heteroatoms. The lowest BCUT2D eigenvalue weighted by Crippen LogP contribution is -2.25. The maximum Gasteiger partial charge on any atom is 0.167 e. The summed E-state index contributed by atoms with van der Waals surface area (Å²) in [7, 11) is 0. The molecule has 0 spiro atoms. The molecule has 0 bridgehead atoms. The van der Waals surface area contributed by atoms with Crippen molar-refractivity contribution in [1.29, 1.82) is 0 Å². The van der Waals surface area contributed by atoms with Gasteiger partial charge in [-0.25, -0.2) is 0 Å². The second-order valence-corrected chi connectivity index (χ2v) is 7.99. The Kier molecular flexibility index (Phi) is 4.19. The highest BCUT2D eigenvalue weighted by Gasteiger charge is 2.26. The zero-order valence-electron chi connectivity index (χ0n) is 13.2. The van der Waals surface area contributed by atoms with Crippen molar-refractivity contribution in [3.8, 4) is 11.3 Å². The molecule has 2 heterocycles. The molecule has 0 unspecified atom stereocenters. The molecule has 0 aliphatic carbocycles. The van der Waals surface area contributed by atoms with Crippen LogP contribution in [0.25, 0.3) is 22.2 Å². The molecule has 0 N–H and O–H groups in total. The predicted molar refractivity (Wildman–Crippen MR) is 92.7 cm³/mol. The van der Waals surface area contributed by atoms with Gasteiger partial charge in [0.05, 0.1) is 5.69 Å². The molecule has 3 aromatic rings. The molecule has 1 atom stereocenters. The van der Waals surface area contributed by atoms with E-state index in [9.17, 15) is 4.55 Å². The second kappa shape index (κ2) is 6.14. The van der Waals surface area contributed by atoms with Crippen LogP contribution in [0.3, 0.4) is 0 Å². The number of fused-ring (bicyclic) bond motifs is 1. The van der Waals surface area contributed by atoms with Crippen LogP contribution in [0.1, 0.15) is 26.5 Å². The van der Waals surface area contributed by atoms with Crippen LogP contribution in [0.4, 0.5) is 0 Å². The van der Waals surface area contributed by atoms with Crippen LogP contribution >= 0.6 is 0 Å². The van der Waals surface area contributed by atoms with E-state index in [0.29, 0.717) is 17.0 Å². The van der Waals surface area contributed by atoms with Gasteiger partial charge in [-0.3, -0.25) is 4.98 Å². The molecule has 5 nitrogen and oxygen atoms in total. The molecule has 2 aromatic heterocycles. The predicted octanol–water partition coefficient (Wildman–Crippen LogP) is 3.77. The molecule has 0 radical (unpaired) electrons. The molecule has 0 aliphatic heterocycles. The minimum absolute atomic E-state index is 0.411. The van der Waals surface area contributed by atoms with E-state index < -0.39 is 16.1 Å². The maximum atomic E-state index is 12.1. The molecular weight excluding hydrogens is 310 g/mol. The van der Waals surface area contributed by atoms with Crippen molar-refractivity contribution in [3.05, 3.63) is 48.3 Å². The van der Waals surface area contributed by atoms with Gasteiger partial charge in [0.2, 0.25) is 0 Å². The first-order chi connectivity index (χ1) is 11.0. The number of hydrogen-bond donors (Lipinski definition) is 0. The van der Waals surface area contributed by atoms with Gasteiger partial charge < -0.3 is 9.08 Å². The zero-order chi connectivity index (χ0) is 16.4. The molecule has 0 aliphatic rings. The number of rotatable bonds is 3. The van der Waals surface area contributed by atoms with Crippen molar-refractivity contribution in [2.75, 3.05) is 0 Å². The van der Waals surface area contributed by atoms with E-state index in [2.05, 4.69) is 14.5 Å². The van der Waals surface area contributed by atoms with Crippen molar-refractivity contribution in [2.45, 2.75) is 25.5 Å². The third kappa shape index (κ3) is 3.28. The Bertz CT molecular complexity index is 852. The van der Waals surface area contributed by atoms with E-state index in [-0.39, 0.29) is 0 Å². The van der Waals surface area contributed by atoms with E-state index in [1.165, 1.54) is 0 Å². The lowest BCUT2D eigenvalue weighted by molar-refractivity contribution is 0.459. The molecule has 0 saturated carbocycles. The van der Waals surface area contributed by atoms with Gasteiger partial charge in [0.15, 0.2) is 5.58 Å². The highest BCUT2D eigenvalue weighted by atomic mass is 32.2. The van der Waals surface area contributed by atoms with Gasteiger partial charge in [-0.1, -0.05) is 21.7 Å². The van der Waals surface area contributed by atoms with Crippen LogP contribution in [0.5, 0.6) is 0 Å². The highest BCUT2D eigenvalue weighted by Crippen LogP contribution is 2.29. The number of aromatic nitrogens is 2. The van der Waals surface area contributed by atoms with Gasteiger partial charge in [-0.2, -0.15) is 0 Å². The van der Waals surface area contributed by atoms with Gasteiger partial charge >= 0.3 is 0 Å². The molecule has 0 saturated heterocycles. The fraction of sp³-hybridized carbons (Fsp3) is 0.235. The Labute approximate surface area is 137 Å². The molecule has 0 amide bonds. The minimum atomic E-state index is -1.33. The third-order valence-corrected chi connectivity index (χ3v) is 4.61. The number of para-hydroxylation sites is 1. The standard InChI is InChI=1S/C17H17N3O2S/c1-17(2,3)23(21)19-11-14-12(8-6-10-18-14)16-13-7-4-5-9-15(13)22-20-16/h4-11H,1-3H3/b19-11+/t23-/m0/s1. The van der Waals surface area contributed by atoms with E-state index in [4.69, 9.17) is 4.52 Å². The second-order valence-electron chi connectivity index (χ2n) is 6.06. The van der Waals surface area contributed by atoms with Crippen LogP contribution in [-0.2, 0) is 11.4 Å². The van der Waals surface area contributed by atoms with E-state index >= 15 is 0 Å². The summed E-state index contributed by atoms with van der Waals surface area (Å²) >= 11 is -1.33. The van der Waals surface area contributed by atoms with Crippen LogP contribution in [0, 0.1) is 0 Å². The SMILES string of the molecule is CC(C)(C)[S@+]([O-])/N=C/c1ncccc1-c1noc2ccccc12. The van der Waals surface area contributed by atoms with Crippen LogP contribution in [0.15, 0.2) is 51.5 Å². The van der Waals surface area contributed by atoms with Gasteiger partial charge in [0.1, 0.15) is 28.0 Å². The Hall–Kier alpha value is -2.18. The number of hydrogen-bond acceptors (Lipinski definition) is 5. The van der Waals surface area contributed by atoms with Crippen LogP contribution in [-0.4, -0.2) is 25.7 Å². The lowest BCUT2D eigenvalue weighted by atomic mass is 10.1. The van der Waals surface area contributed by atoms with Crippen LogP contribution in [0.2, 0.25) is 0 Å². The summed E-state index contributed by atoms with van der Waals surface area (Å²) in [6, 6.07) is 11.4. The van der Waals surface area contributed by atoms with Gasteiger partial charge in [-0.05, 0) is 45.0 Å². The largest absolute Gasteiger partial charge is 0.591 e. The lowest BCUT2D eigenvalue weighted by Gasteiger charge is -2.17. The average Bonchev–Trinajstić information content (AvgIpc) is 2.96. The zero-order valence-corrected chi connectivity index (χ0v) is 14.0. The first-order valence-electron chi connectivity index (χ1n) is 7.23. The van der Waals surface area contributed by atoms with Crippen molar-refractivity contribution in [2.24, 2.45) is 4.40 Å². The molecule has 118 valence electrons. The fourth-order valence-electron chi connectivity index (χ4n) is 2.06. The number of pyridine rings is 1. The first-order valence-corrected chi connectivity index (χ1v) is 8.33. The average molecular weight is 327 g/mol. The normalized spacial score (nSPS) is 13.7. The Morgan fingerprint density at radius 1 is 1.17 bits per heavy atom. The first kappa shape index (κ1) is 15.7. The Morgan fingerprint density at radius 3 is 2.74 bits per heavy atom. The molecule has 23 heavy (non-hydrogen) atoms. The summed E-state index contributed by atoms with van der Waals surface area (Å²) in [4.78, 5) is 4.33. The Balaban J connectivity index is 2.03. The maximum absolute atomic E-state index is 12.1. The molecular formula is C17H17N3O2S. The van der Waals surface area contributed by atoms with Gasteiger partial charge in [0.25, 0.3) is 0 Å². The summed E-state index contributed by atoms with van der Waals surface area (Å²) in [5, 5.41) is 5.06. The fourth-order valence-corrected chi connectivity index (χ4v) is 2.57. The van der Waals surface area contributed by atoms with Crippen molar-refractivity contribution in [1.82, 2.24) is 10.1 Å². The van der Waals surface area contributed by atoms with E-state index in [0.717, 1.165) is 10.9 Å². The summed E-state index contributed by atoms with van der Waals surface area (Å²) in [5.74, 6) is 0. The Morgan fingerprint density at radius 2 is 1.96 bits per heavy atom. The van der Waals surface area contributed by atoms with Crippen molar-refractivity contribution < 1.29 is 9.08 Å². The highest BCUT2D eigenvalue weighted by molar-refractivity contribution is 7.91. The molecule has 1 aromatic carbocycles. The summed E-state index contributed by atoms with van der Waals surface area (Å²) < 4.78 is 21.2. The smallest absolute Gasteiger partial charge is 0.167 e. The molecule has 0 fully saturated rings. The van der Waals surface area contributed by atoms with Crippen LogP contribution < -0.4 is 0 Å². The van der Waals surface area contributed by atoms with E-state index in [1.54, 1.807) is 12.4 Å².